The summed E-state index contributed by atoms with van der Waals surface area (Å²) in [5.41, 5.74) is 0.00973. The van der Waals surface area contributed by atoms with E-state index in [1.807, 2.05) is 0 Å². The van der Waals surface area contributed by atoms with Crippen LogP contribution >= 0.6 is 11.6 Å². The van der Waals surface area contributed by atoms with Gasteiger partial charge in [-0.3, -0.25) is 9.52 Å². The van der Waals surface area contributed by atoms with Crippen molar-refractivity contribution in [1.29, 1.82) is 0 Å². The van der Waals surface area contributed by atoms with E-state index in [1.165, 1.54) is 42.5 Å². The highest BCUT2D eigenvalue weighted by Gasteiger charge is 2.20. The van der Waals surface area contributed by atoms with Gasteiger partial charge in [0.1, 0.15) is 0 Å². The Hall–Kier alpha value is -2.84. The number of benzene rings is 2. The van der Waals surface area contributed by atoms with Crippen LogP contribution in [0, 0.1) is 0 Å². The summed E-state index contributed by atoms with van der Waals surface area (Å²) in [6.45, 7) is 3.20. The molecule has 0 heterocycles. The van der Waals surface area contributed by atoms with E-state index < -0.39 is 28.5 Å². The van der Waals surface area contributed by atoms with Gasteiger partial charge in [0.25, 0.3) is 15.9 Å². The number of anilines is 1. The van der Waals surface area contributed by atoms with Gasteiger partial charge < -0.3 is 10.1 Å². The summed E-state index contributed by atoms with van der Waals surface area (Å²) in [7, 11) is -3.94. The van der Waals surface area contributed by atoms with E-state index in [9.17, 15) is 18.0 Å². The van der Waals surface area contributed by atoms with Gasteiger partial charge >= 0.3 is 5.97 Å². The number of carbonyl (C=O) groups excluding carboxylic acids is 2. The molecular formula is C18H17ClN2O5S. The molecule has 0 aromatic heterocycles. The Labute approximate surface area is 162 Å². The van der Waals surface area contributed by atoms with E-state index in [2.05, 4.69) is 16.6 Å². The number of para-hydroxylation sites is 1. The maximum atomic E-state index is 12.5. The van der Waals surface area contributed by atoms with Crippen LogP contribution in [-0.2, 0) is 19.6 Å². The number of hydrogen-bond donors (Lipinski definition) is 2. The lowest BCUT2D eigenvalue weighted by Crippen LogP contribution is -2.29. The minimum atomic E-state index is -3.94. The van der Waals surface area contributed by atoms with Gasteiger partial charge in [0, 0.05) is 11.6 Å². The third-order valence-corrected chi connectivity index (χ3v) is 4.93. The molecule has 2 aromatic rings. The molecule has 0 saturated heterocycles. The number of hydrogen-bond acceptors (Lipinski definition) is 5. The third kappa shape index (κ3) is 5.83. The predicted octanol–water partition coefficient (Wildman–Crippen LogP) is 2.60. The molecule has 2 rings (SSSR count). The molecule has 0 aliphatic rings. The van der Waals surface area contributed by atoms with Crippen molar-refractivity contribution in [2.75, 3.05) is 17.9 Å². The Morgan fingerprint density at radius 1 is 1.11 bits per heavy atom. The summed E-state index contributed by atoms with van der Waals surface area (Å²) >= 11 is 5.77. The lowest BCUT2D eigenvalue weighted by molar-refractivity contribution is -0.124. The predicted molar refractivity (Wildman–Crippen MR) is 102 cm³/mol. The fourth-order valence-electron chi connectivity index (χ4n) is 2.01. The molecule has 27 heavy (non-hydrogen) atoms. The minimum Gasteiger partial charge on any atom is -0.452 e. The summed E-state index contributed by atoms with van der Waals surface area (Å²) in [5.74, 6) is -1.33. The second-order valence-electron chi connectivity index (χ2n) is 5.27. The van der Waals surface area contributed by atoms with Gasteiger partial charge in [-0.05, 0) is 36.4 Å². The zero-order valence-corrected chi connectivity index (χ0v) is 15.7. The van der Waals surface area contributed by atoms with Crippen LogP contribution in [0.25, 0.3) is 0 Å². The second-order valence-corrected chi connectivity index (χ2v) is 7.39. The molecule has 0 aliphatic carbocycles. The Morgan fingerprint density at radius 2 is 1.78 bits per heavy atom. The van der Waals surface area contributed by atoms with E-state index >= 15 is 0 Å². The molecular weight excluding hydrogens is 392 g/mol. The van der Waals surface area contributed by atoms with E-state index in [0.717, 1.165) is 0 Å². The zero-order chi connectivity index (χ0) is 19.9. The van der Waals surface area contributed by atoms with Crippen LogP contribution in [0.1, 0.15) is 10.4 Å². The van der Waals surface area contributed by atoms with Crippen molar-refractivity contribution >= 4 is 39.2 Å². The molecule has 2 N–H and O–H groups in total. The van der Waals surface area contributed by atoms with E-state index in [4.69, 9.17) is 16.3 Å². The number of rotatable bonds is 8. The number of nitrogens with one attached hydrogen (secondary N) is 2. The Balaban J connectivity index is 2.15. The lowest BCUT2D eigenvalue weighted by atomic mass is 10.2. The molecule has 0 bridgehead atoms. The summed E-state index contributed by atoms with van der Waals surface area (Å²) in [6, 6.07) is 11.5. The number of ether oxygens (including phenoxy) is 1. The van der Waals surface area contributed by atoms with E-state index in [-0.39, 0.29) is 22.7 Å². The second kappa shape index (κ2) is 9.20. The molecule has 1 amide bonds. The molecule has 0 saturated carbocycles. The van der Waals surface area contributed by atoms with Crippen LogP contribution in [0.2, 0.25) is 5.02 Å². The molecule has 0 spiro atoms. The van der Waals surface area contributed by atoms with Crippen molar-refractivity contribution in [3.63, 3.8) is 0 Å². The first kappa shape index (κ1) is 20.5. The van der Waals surface area contributed by atoms with Gasteiger partial charge in [-0.1, -0.05) is 29.8 Å². The van der Waals surface area contributed by atoms with Crippen LogP contribution in [-0.4, -0.2) is 33.4 Å². The SMILES string of the molecule is C=CCNC(=O)COC(=O)c1ccccc1NS(=O)(=O)c1ccc(Cl)cc1. The normalized spacial score (nSPS) is 10.7. The molecule has 0 unspecified atom stereocenters. The number of esters is 1. The molecule has 2 aromatic carbocycles. The first-order valence-electron chi connectivity index (χ1n) is 7.75. The average molecular weight is 409 g/mol. The standard InChI is InChI=1S/C18H17ClN2O5S/c1-2-11-20-17(22)12-26-18(23)15-5-3-4-6-16(15)21-27(24,25)14-9-7-13(19)8-10-14/h2-10,21H,1,11-12H2,(H,20,22). The van der Waals surface area contributed by atoms with Crippen molar-refractivity contribution in [2.24, 2.45) is 0 Å². The van der Waals surface area contributed by atoms with Gasteiger partial charge in [0.15, 0.2) is 6.61 Å². The Bertz CT molecular complexity index is 942. The van der Waals surface area contributed by atoms with Crippen molar-refractivity contribution in [1.82, 2.24) is 5.32 Å². The topological polar surface area (TPSA) is 102 Å². The molecule has 0 radical (unpaired) electrons. The van der Waals surface area contributed by atoms with Crippen molar-refractivity contribution in [3.8, 4) is 0 Å². The van der Waals surface area contributed by atoms with Gasteiger partial charge in [-0.15, -0.1) is 6.58 Å². The molecule has 7 nitrogen and oxygen atoms in total. The van der Waals surface area contributed by atoms with Crippen molar-refractivity contribution in [2.45, 2.75) is 4.90 Å². The molecule has 0 fully saturated rings. The van der Waals surface area contributed by atoms with Crippen LogP contribution < -0.4 is 10.0 Å². The van der Waals surface area contributed by atoms with Crippen LogP contribution in [0.15, 0.2) is 66.1 Å². The smallest absolute Gasteiger partial charge is 0.340 e. The minimum absolute atomic E-state index is 0.0149. The maximum Gasteiger partial charge on any atom is 0.340 e. The van der Waals surface area contributed by atoms with Gasteiger partial charge in [0.05, 0.1) is 16.1 Å². The maximum absolute atomic E-state index is 12.5. The fourth-order valence-corrected chi connectivity index (χ4v) is 3.22. The largest absolute Gasteiger partial charge is 0.452 e. The molecule has 0 aliphatic heterocycles. The lowest BCUT2D eigenvalue weighted by Gasteiger charge is -2.12. The Kier molecular flexibility index (Phi) is 6.98. The first-order valence-corrected chi connectivity index (χ1v) is 9.62. The third-order valence-electron chi connectivity index (χ3n) is 3.29. The Morgan fingerprint density at radius 3 is 2.44 bits per heavy atom. The highest BCUT2D eigenvalue weighted by Crippen LogP contribution is 2.22. The average Bonchev–Trinajstić information content (AvgIpc) is 2.65. The monoisotopic (exact) mass is 408 g/mol. The number of amides is 1. The number of sulfonamides is 1. The first-order chi connectivity index (χ1) is 12.8. The molecule has 0 atom stereocenters. The summed E-state index contributed by atoms with van der Waals surface area (Å²) in [6.07, 6.45) is 1.49. The number of halogens is 1. The zero-order valence-electron chi connectivity index (χ0n) is 14.1. The molecule has 142 valence electrons. The summed E-state index contributed by atoms with van der Waals surface area (Å²) in [4.78, 5) is 23.7. The van der Waals surface area contributed by atoms with E-state index in [0.29, 0.717) is 5.02 Å². The summed E-state index contributed by atoms with van der Waals surface area (Å²) < 4.78 is 32.3. The van der Waals surface area contributed by atoms with E-state index in [1.54, 1.807) is 12.1 Å². The van der Waals surface area contributed by atoms with Crippen LogP contribution in [0.3, 0.4) is 0 Å². The quantitative estimate of drug-likeness (QED) is 0.516. The van der Waals surface area contributed by atoms with Gasteiger partial charge in [-0.2, -0.15) is 0 Å². The van der Waals surface area contributed by atoms with Crippen molar-refractivity contribution < 1.29 is 22.7 Å². The van der Waals surface area contributed by atoms with Gasteiger partial charge in [0.2, 0.25) is 0 Å². The summed E-state index contributed by atoms with van der Waals surface area (Å²) in [5, 5.41) is 2.86. The molecule has 9 heteroatoms. The highest BCUT2D eigenvalue weighted by atomic mass is 35.5. The van der Waals surface area contributed by atoms with Crippen LogP contribution in [0.4, 0.5) is 5.69 Å². The number of carbonyl (C=O) groups is 2. The van der Waals surface area contributed by atoms with Gasteiger partial charge in [-0.25, -0.2) is 13.2 Å². The highest BCUT2D eigenvalue weighted by molar-refractivity contribution is 7.92. The fraction of sp³-hybridized carbons (Fsp3) is 0.111. The van der Waals surface area contributed by atoms with Crippen molar-refractivity contribution in [3.05, 3.63) is 71.8 Å². The van der Waals surface area contributed by atoms with Crippen LogP contribution in [0.5, 0.6) is 0 Å².